The predicted molar refractivity (Wildman–Crippen MR) is 110 cm³/mol. The van der Waals surface area contributed by atoms with Crippen LogP contribution in [0.3, 0.4) is 0 Å². The Bertz CT molecular complexity index is 547. The van der Waals surface area contributed by atoms with E-state index < -0.39 is 0 Å². The first kappa shape index (κ1) is 20.0. The molecule has 26 heavy (non-hydrogen) atoms. The molecule has 1 amide bonds. The normalized spacial score (nSPS) is 32.2. The topological polar surface area (TPSA) is 66.4 Å². The van der Waals surface area contributed by atoms with Crippen molar-refractivity contribution in [2.45, 2.75) is 44.8 Å². The number of nitrogens with zero attached hydrogens (tertiary/aromatic N) is 3. The number of guanidine groups is 1. The Hall–Kier alpha value is -0.770. The summed E-state index contributed by atoms with van der Waals surface area (Å²) in [6, 6.07) is 0.496. The fourth-order valence-electron chi connectivity index (χ4n) is 5.21. The Kier molecular flexibility index (Phi) is 6.21. The molecule has 7 nitrogen and oxygen atoms in total. The van der Waals surface area contributed by atoms with Gasteiger partial charge >= 0.3 is 6.09 Å². The van der Waals surface area contributed by atoms with Crippen LogP contribution in [-0.4, -0.2) is 80.4 Å². The van der Waals surface area contributed by atoms with Gasteiger partial charge in [0.2, 0.25) is 0 Å². The third-order valence-electron chi connectivity index (χ3n) is 6.64. The Balaban J connectivity index is 0.00000196. The second-order valence-corrected chi connectivity index (χ2v) is 7.67. The highest BCUT2D eigenvalue weighted by molar-refractivity contribution is 14.0. The predicted octanol–water partition coefficient (Wildman–Crippen LogP) is 1.91. The van der Waals surface area contributed by atoms with Crippen molar-refractivity contribution in [3.8, 4) is 0 Å². The molecule has 3 unspecified atom stereocenters. The molecule has 3 atom stereocenters. The molecular weight excluding hydrogens is 447 g/mol. The Morgan fingerprint density at radius 2 is 1.96 bits per heavy atom. The lowest BCUT2D eigenvalue weighted by Gasteiger charge is -2.63. The number of halogens is 1. The van der Waals surface area contributed by atoms with Crippen molar-refractivity contribution in [1.82, 2.24) is 15.1 Å². The molecule has 1 spiro atoms. The highest BCUT2D eigenvalue weighted by atomic mass is 127. The molecule has 1 N–H and O–H groups in total. The van der Waals surface area contributed by atoms with Gasteiger partial charge in [0.25, 0.3) is 0 Å². The van der Waals surface area contributed by atoms with Gasteiger partial charge in [-0.1, -0.05) is 6.42 Å². The van der Waals surface area contributed by atoms with Crippen LogP contribution in [0.5, 0.6) is 0 Å². The van der Waals surface area contributed by atoms with Gasteiger partial charge in [-0.05, 0) is 26.2 Å². The van der Waals surface area contributed by atoms with Crippen LogP contribution in [0.4, 0.5) is 4.79 Å². The molecule has 4 aliphatic rings. The summed E-state index contributed by atoms with van der Waals surface area (Å²) in [6.07, 6.45) is 5.30. The smallest absolute Gasteiger partial charge is 0.409 e. The van der Waals surface area contributed by atoms with Gasteiger partial charge in [0.05, 0.1) is 12.7 Å². The van der Waals surface area contributed by atoms with Gasteiger partial charge in [0.1, 0.15) is 0 Å². The Labute approximate surface area is 172 Å². The summed E-state index contributed by atoms with van der Waals surface area (Å²) < 4.78 is 11.1. The molecule has 4 fully saturated rings. The van der Waals surface area contributed by atoms with Gasteiger partial charge < -0.3 is 24.6 Å². The first-order chi connectivity index (χ1) is 12.2. The lowest BCUT2D eigenvalue weighted by molar-refractivity contribution is -0.171. The maximum atomic E-state index is 11.9. The van der Waals surface area contributed by atoms with Crippen LogP contribution in [0.1, 0.15) is 32.6 Å². The summed E-state index contributed by atoms with van der Waals surface area (Å²) in [7, 11) is 1.86. The van der Waals surface area contributed by atoms with Crippen molar-refractivity contribution in [1.29, 1.82) is 0 Å². The summed E-state index contributed by atoms with van der Waals surface area (Å²) in [4.78, 5) is 20.4. The average Bonchev–Trinajstić information content (AvgIpc) is 3.00. The summed E-state index contributed by atoms with van der Waals surface area (Å²) in [6.45, 7) is 6.14. The van der Waals surface area contributed by atoms with E-state index in [4.69, 9.17) is 9.47 Å². The first-order valence-electron chi connectivity index (χ1n) is 9.71. The highest BCUT2D eigenvalue weighted by Gasteiger charge is 2.66. The van der Waals surface area contributed by atoms with Gasteiger partial charge in [0.15, 0.2) is 5.96 Å². The van der Waals surface area contributed by atoms with E-state index in [1.54, 1.807) is 4.90 Å². The van der Waals surface area contributed by atoms with Crippen molar-refractivity contribution in [2.75, 3.05) is 46.4 Å². The van der Waals surface area contributed by atoms with Crippen LogP contribution < -0.4 is 5.32 Å². The van der Waals surface area contributed by atoms with E-state index in [0.29, 0.717) is 43.2 Å². The maximum absolute atomic E-state index is 11.9. The zero-order valence-corrected chi connectivity index (χ0v) is 18.1. The van der Waals surface area contributed by atoms with Crippen molar-refractivity contribution in [3.05, 3.63) is 0 Å². The van der Waals surface area contributed by atoms with Gasteiger partial charge in [-0.25, -0.2) is 4.79 Å². The molecule has 2 saturated carbocycles. The van der Waals surface area contributed by atoms with E-state index in [1.807, 2.05) is 14.0 Å². The molecule has 0 aromatic carbocycles. The lowest BCUT2D eigenvalue weighted by atomic mass is 9.46. The van der Waals surface area contributed by atoms with Crippen LogP contribution in [0, 0.1) is 11.3 Å². The molecule has 148 valence electrons. The van der Waals surface area contributed by atoms with Crippen LogP contribution >= 0.6 is 24.0 Å². The molecule has 0 bridgehead atoms. The zero-order valence-electron chi connectivity index (χ0n) is 15.8. The largest absolute Gasteiger partial charge is 0.450 e. The van der Waals surface area contributed by atoms with Crippen LogP contribution in [0.25, 0.3) is 0 Å². The number of piperazine rings is 1. The molecule has 4 rings (SSSR count). The monoisotopic (exact) mass is 478 g/mol. The third kappa shape index (κ3) is 3.16. The van der Waals surface area contributed by atoms with Crippen molar-refractivity contribution in [3.63, 3.8) is 0 Å². The molecule has 0 radical (unpaired) electrons. The average molecular weight is 478 g/mol. The van der Waals surface area contributed by atoms with Crippen LogP contribution in [-0.2, 0) is 9.47 Å². The molecule has 2 aliphatic heterocycles. The number of carbonyl (C=O) groups excluding carboxylic acids is 1. The lowest BCUT2D eigenvalue weighted by Crippen LogP contribution is -2.73. The maximum Gasteiger partial charge on any atom is 0.409 e. The van der Waals surface area contributed by atoms with Gasteiger partial charge in [0, 0.05) is 57.2 Å². The van der Waals surface area contributed by atoms with E-state index in [1.165, 1.54) is 19.3 Å². The molecule has 2 saturated heterocycles. The van der Waals surface area contributed by atoms with E-state index in [2.05, 4.69) is 15.2 Å². The van der Waals surface area contributed by atoms with Crippen molar-refractivity contribution >= 4 is 36.0 Å². The number of hydrogen-bond acceptors (Lipinski definition) is 4. The van der Waals surface area contributed by atoms with E-state index in [-0.39, 0.29) is 30.1 Å². The van der Waals surface area contributed by atoms with E-state index in [9.17, 15) is 4.79 Å². The Morgan fingerprint density at radius 1 is 1.27 bits per heavy atom. The number of rotatable bonds is 2. The number of nitrogens with one attached hydrogen (secondary N) is 1. The number of amides is 1. The standard InChI is InChI=1S/C18H30N4O3.HI/c1-3-24-17(23)22-10-8-21(9-11-22)16(19-2)20-14-13-5-12-25-15(13)18(14)6-4-7-18;/h13-15H,3-12H2,1-2H3,(H,19,20);1H. The number of carbonyl (C=O) groups is 1. The third-order valence-corrected chi connectivity index (χ3v) is 6.64. The number of ether oxygens (including phenoxy) is 2. The first-order valence-corrected chi connectivity index (χ1v) is 9.71. The second-order valence-electron chi connectivity index (χ2n) is 7.67. The van der Waals surface area contributed by atoms with Crippen molar-refractivity contribution < 1.29 is 14.3 Å². The number of fused-ring (bicyclic) bond motifs is 2. The second kappa shape index (κ2) is 8.08. The van der Waals surface area contributed by atoms with Gasteiger partial charge in [-0.15, -0.1) is 24.0 Å². The molecule has 8 heteroatoms. The molecule has 0 aromatic rings. The minimum Gasteiger partial charge on any atom is -0.450 e. The molecule has 2 heterocycles. The van der Waals surface area contributed by atoms with E-state index >= 15 is 0 Å². The molecule has 2 aliphatic carbocycles. The van der Waals surface area contributed by atoms with Crippen molar-refractivity contribution in [2.24, 2.45) is 16.3 Å². The fourth-order valence-corrected chi connectivity index (χ4v) is 5.21. The molecule has 0 aromatic heterocycles. The SMILES string of the molecule is CCOC(=O)N1CCN(C(=NC)NC2C3CCOC3C23CCC3)CC1.I. The summed E-state index contributed by atoms with van der Waals surface area (Å²) in [5.41, 5.74) is 0.351. The minimum absolute atomic E-state index is 0. The number of aliphatic imine (C=N–C) groups is 1. The van der Waals surface area contributed by atoms with Gasteiger partial charge in [-0.2, -0.15) is 0 Å². The summed E-state index contributed by atoms with van der Waals surface area (Å²) in [5, 5.41) is 3.77. The highest BCUT2D eigenvalue weighted by Crippen LogP contribution is 2.62. The molecular formula is C18H31IN4O3. The number of hydrogen-bond donors (Lipinski definition) is 1. The summed E-state index contributed by atoms with van der Waals surface area (Å²) in [5.74, 6) is 1.61. The fraction of sp³-hybridized carbons (Fsp3) is 0.889. The van der Waals surface area contributed by atoms with Crippen LogP contribution in [0.2, 0.25) is 0 Å². The zero-order chi connectivity index (χ0) is 17.4. The quantitative estimate of drug-likeness (QED) is 0.373. The summed E-state index contributed by atoms with van der Waals surface area (Å²) >= 11 is 0. The van der Waals surface area contributed by atoms with Gasteiger partial charge in [-0.3, -0.25) is 4.99 Å². The van der Waals surface area contributed by atoms with Crippen LogP contribution in [0.15, 0.2) is 4.99 Å². The minimum atomic E-state index is -0.205. The Morgan fingerprint density at radius 3 is 2.54 bits per heavy atom. The van der Waals surface area contributed by atoms with E-state index in [0.717, 1.165) is 32.1 Å².